The fourth-order valence-corrected chi connectivity index (χ4v) is 2.18. The Labute approximate surface area is 124 Å². The lowest BCUT2D eigenvalue weighted by Crippen LogP contribution is -2.35. The molecule has 0 fully saturated rings. The first kappa shape index (κ1) is 13.8. The van der Waals surface area contributed by atoms with Gasteiger partial charge in [-0.1, -0.05) is 35.5 Å². The fraction of sp³-hybridized carbons (Fsp3) is 0.294. The summed E-state index contributed by atoms with van der Waals surface area (Å²) < 4.78 is 1.83. The molecule has 0 atom stereocenters. The number of fused-ring (bicyclic) bond motifs is 1. The van der Waals surface area contributed by atoms with Crippen LogP contribution in [0.5, 0.6) is 0 Å². The smallest absolute Gasteiger partial charge is 0.0969 e. The number of hydrogen-bond acceptors (Lipinski definition) is 3. The van der Waals surface area contributed by atoms with E-state index in [1.54, 1.807) is 0 Å². The molecule has 4 heteroatoms. The van der Waals surface area contributed by atoms with E-state index in [0.29, 0.717) is 0 Å². The molecule has 2 aromatic carbocycles. The van der Waals surface area contributed by atoms with Gasteiger partial charge in [-0.25, -0.2) is 4.68 Å². The van der Waals surface area contributed by atoms with E-state index < -0.39 is 0 Å². The van der Waals surface area contributed by atoms with E-state index in [1.807, 2.05) is 23.0 Å². The molecule has 3 rings (SSSR count). The second-order valence-electron chi connectivity index (χ2n) is 6.29. The molecule has 0 aliphatic heterocycles. The summed E-state index contributed by atoms with van der Waals surface area (Å²) in [5.74, 6) is 0. The van der Waals surface area contributed by atoms with Crippen molar-refractivity contribution in [3.05, 3.63) is 54.4 Å². The summed E-state index contributed by atoms with van der Waals surface area (Å²) in [5.41, 5.74) is 2.05. The lowest BCUT2D eigenvalue weighted by Gasteiger charge is -2.19. The average Bonchev–Trinajstić information content (AvgIpc) is 2.93. The van der Waals surface area contributed by atoms with Crippen LogP contribution in [0.15, 0.2) is 48.7 Å². The van der Waals surface area contributed by atoms with Gasteiger partial charge in [0.25, 0.3) is 0 Å². The normalized spacial score (nSPS) is 12.0. The average molecular weight is 280 g/mol. The van der Waals surface area contributed by atoms with Gasteiger partial charge < -0.3 is 5.32 Å². The van der Waals surface area contributed by atoms with Gasteiger partial charge in [-0.2, -0.15) is 0 Å². The van der Waals surface area contributed by atoms with Crippen molar-refractivity contribution in [3.8, 4) is 5.69 Å². The highest BCUT2D eigenvalue weighted by Gasteiger charge is 2.10. The van der Waals surface area contributed by atoms with Crippen LogP contribution in [-0.4, -0.2) is 20.5 Å². The van der Waals surface area contributed by atoms with E-state index >= 15 is 0 Å². The summed E-state index contributed by atoms with van der Waals surface area (Å²) >= 11 is 0. The van der Waals surface area contributed by atoms with E-state index in [4.69, 9.17) is 0 Å². The molecule has 3 aromatic rings. The van der Waals surface area contributed by atoms with E-state index in [1.165, 1.54) is 10.8 Å². The molecule has 0 amide bonds. The van der Waals surface area contributed by atoms with Gasteiger partial charge in [-0.15, -0.1) is 5.10 Å². The summed E-state index contributed by atoms with van der Waals surface area (Å²) in [5, 5.41) is 14.3. The van der Waals surface area contributed by atoms with Crippen LogP contribution < -0.4 is 5.32 Å². The third-order valence-electron chi connectivity index (χ3n) is 3.34. The van der Waals surface area contributed by atoms with Crippen molar-refractivity contribution in [2.75, 3.05) is 0 Å². The van der Waals surface area contributed by atoms with Gasteiger partial charge in [0, 0.05) is 12.1 Å². The van der Waals surface area contributed by atoms with E-state index in [0.717, 1.165) is 17.9 Å². The van der Waals surface area contributed by atoms with Crippen LogP contribution in [-0.2, 0) is 6.54 Å². The summed E-state index contributed by atoms with van der Waals surface area (Å²) in [7, 11) is 0. The minimum absolute atomic E-state index is 0.0761. The molecular weight excluding hydrogens is 260 g/mol. The summed E-state index contributed by atoms with van der Waals surface area (Å²) in [4.78, 5) is 0. The van der Waals surface area contributed by atoms with Crippen molar-refractivity contribution in [2.24, 2.45) is 0 Å². The minimum Gasteiger partial charge on any atom is -0.306 e. The molecule has 0 aliphatic carbocycles. The Morgan fingerprint density at radius 2 is 1.81 bits per heavy atom. The Kier molecular flexibility index (Phi) is 3.47. The number of benzene rings is 2. The predicted octanol–water partition coefficient (Wildman–Crippen LogP) is 3.31. The zero-order chi connectivity index (χ0) is 14.9. The van der Waals surface area contributed by atoms with E-state index in [2.05, 4.69) is 66.7 Å². The van der Waals surface area contributed by atoms with Crippen molar-refractivity contribution in [1.82, 2.24) is 20.3 Å². The van der Waals surface area contributed by atoms with Gasteiger partial charge in [-0.3, -0.25) is 0 Å². The highest BCUT2D eigenvalue weighted by atomic mass is 15.4. The van der Waals surface area contributed by atoms with E-state index in [-0.39, 0.29) is 5.54 Å². The van der Waals surface area contributed by atoms with Crippen molar-refractivity contribution >= 4 is 10.8 Å². The minimum atomic E-state index is 0.0761. The van der Waals surface area contributed by atoms with Gasteiger partial charge >= 0.3 is 0 Å². The third-order valence-corrected chi connectivity index (χ3v) is 3.34. The molecule has 0 bridgehead atoms. The first-order valence-electron chi connectivity index (χ1n) is 7.17. The number of rotatable bonds is 3. The summed E-state index contributed by atoms with van der Waals surface area (Å²) in [6.07, 6.45) is 1.98. The van der Waals surface area contributed by atoms with Gasteiger partial charge in [0.15, 0.2) is 0 Å². The van der Waals surface area contributed by atoms with Crippen molar-refractivity contribution in [1.29, 1.82) is 0 Å². The molecule has 108 valence electrons. The first-order valence-corrected chi connectivity index (χ1v) is 7.17. The monoisotopic (exact) mass is 280 g/mol. The SMILES string of the molecule is CC(C)(C)NCc1cn(-c2ccc3ccccc3c2)nn1. The molecule has 21 heavy (non-hydrogen) atoms. The Morgan fingerprint density at radius 3 is 2.57 bits per heavy atom. The van der Waals surface area contributed by atoms with Crippen LogP contribution in [0.25, 0.3) is 16.5 Å². The number of hydrogen-bond donors (Lipinski definition) is 1. The van der Waals surface area contributed by atoms with Gasteiger partial charge in [0.05, 0.1) is 17.6 Å². The molecule has 1 heterocycles. The predicted molar refractivity (Wildman–Crippen MR) is 85.5 cm³/mol. The number of nitrogens with zero attached hydrogens (tertiary/aromatic N) is 3. The van der Waals surface area contributed by atoms with Crippen molar-refractivity contribution < 1.29 is 0 Å². The Balaban J connectivity index is 1.84. The first-order chi connectivity index (χ1) is 10.0. The molecule has 0 aliphatic rings. The van der Waals surface area contributed by atoms with Crippen LogP contribution in [0, 0.1) is 0 Å². The Hall–Kier alpha value is -2.20. The van der Waals surface area contributed by atoms with Crippen LogP contribution in [0.3, 0.4) is 0 Å². The highest BCUT2D eigenvalue weighted by Crippen LogP contribution is 2.18. The lowest BCUT2D eigenvalue weighted by molar-refractivity contribution is 0.421. The maximum absolute atomic E-state index is 4.23. The summed E-state index contributed by atoms with van der Waals surface area (Å²) in [6, 6.07) is 14.6. The molecule has 1 aromatic heterocycles. The Morgan fingerprint density at radius 1 is 1.05 bits per heavy atom. The second kappa shape index (κ2) is 5.30. The Bertz CT molecular complexity index is 753. The number of aromatic nitrogens is 3. The second-order valence-corrected chi connectivity index (χ2v) is 6.29. The molecule has 0 unspecified atom stereocenters. The fourth-order valence-electron chi connectivity index (χ4n) is 2.18. The topological polar surface area (TPSA) is 42.7 Å². The maximum Gasteiger partial charge on any atom is 0.0969 e. The van der Waals surface area contributed by atoms with Crippen molar-refractivity contribution in [3.63, 3.8) is 0 Å². The van der Waals surface area contributed by atoms with Gasteiger partial charge in [0.1, 0.15) is 0 Å². The highest BCUT2D eigenvalue weighted by molar-refractivity contribution is 5.84. The third kappa shape index (κ3) is 3.28. The molecule has 0 saturated heterocycles. The maximum atomic E-state index is 4.23. The number of nitrogens with one attached hydrogen (secondary N) is 1. The van der Waals surface area contributed by atoms with E-state index in [9.17, 15) is 0 Å². The quantitative estimate of drug-likeness (QED) is 0.800. The molecule has 0 saturated carbocycles. The zero-order valence-corrected chi connectivity index (χ0v) is 12.7. The van der Waals surface area contributed by atoms with Crippen LogP contribution in [0.4, 0.5) is 0 Å². The van der Waals surface area contributed by atoms with Crippen molar-refractivity contribution in [2.45, 2.75) is 32.9 Å². The molecular formula is C17H20N4. The van der Waals surface area contributed by atoms with Crippen LogP contribution >= 0.6 is 0 Å². The molecule has 4 nitrogen and oxygen atoms in total. The van der Waals surface area contributed by atoms with Gasteiger partial charge in [-0.05, 0) is 43.7 Å². The largest absolute Gasteiger partial charge is 0.306 e. The van der Waals surface area contributed by atoms with Crippen LogP contribution in [0.2, 0.25) is 0 Å². The lowest BCUT2D eigenvalue weighted by atomic mass is 10.1. The van der Waals surface area contributed by atoms with Crippen LogP contribution in [0.1, 0.15) is 26.5 Å². The van der Waals surface area contributed by atoms with Gasteiger partial charge in [0.2, 0.25) is 0 Å². The molecule has 1 N–H and O–H groups in total. The molecule has 0 spiro atoms. The standard InChI is InChI=1S/C17H20N4/c1-17(2,3)18-11-15-12-21(20-19-15)16-9-8-13-6-4-5-7-14(13)10-16/h4-10,12,18H,11H2,1-3H3. The summed E-state index contributed by atoms with van der Waals surface area (Å²) in [6.45, 7) is 7.14. The zero-order valence-electron chi connectivity index (χ0n) is 12.7. The molecule has 0 radical (unpaired) electrons.